The van der Waals surface area contributed by atoms with Crippen molar-refractivity contribution in [1.29, 1.82) is 0 Å². The van der Waals surface area contributed by atoms with Crippen molar-refractivity contribution in [2.24, 2.45) is 0 Å². The van der Waals surface area contributed by atoms with Crippen molar-refractivity contribution < 1.29 is 27.4 Å². The molecule has 0 aliphatic heterocycles. The first-order valence-corrected chi connectivity index (χ1v) is 6.86. The van der Waals surface area contributed by atoms with E-state index in [0.717, 1.165) is 6.07 Å². The number of ether oxygens (including phenoxy) is 1. The van der Waals surface area contributed by atoms with E-state index in [1.807, 2.05) is 0 Å². The molecule has 106 valence electrons. The maximum absolute atomic E-state index is 13.0. The van der Waals surface area contributed by atoms with E-state index < -0.39 is 28.4 Å². The van der Waals surface area contributed by atoms with Gasteiger partial charge < -0.3 is 9.84 Å². The zero-order valence-corrected chi connectivity index (χ0v) is 11.0. The first-order valence-electron chi connectivity index (χ1n) is 5.38. The van der Waals surface area contributed by atoms with Gasteiger partial charge in [-0.2, -0.15) is 0 Å². The maximum Gasteiger partial charge on any atom is 0.329 e. The largest absolute Gasteiger partial charge is 0.480 e. The molecule has 0 unspecified atom stereocenters. The van der Waals surface area contributed by atoms with E-state index in [2.05, 4.69) is 9.46 Å². The predicted molar refractivity (Wildman–Crippen MR) is 64.8 cm³/mol. The van der Waals surface area contributed by atoms with Crippen LogP contribution in [0.25, 0.3) is 0 Å². The number of carbonyl (C=O) groups is 1. The molecular weight excluding hydrogens is 277 g/mol. The van der Waals surface area contributed by atoms with Crippen LogP contribution in [0.1, 0.15) is 5.56 Å². The number of hydrogen-bond donors (Lipinski definition) is 2. The number of carboxylic acid groups (broad SMARTS) is 1. The molecule has 0 heterocycles. The van der Waals surface area contributed by atoms with Gasteiger partial charge >= 0.3 is 5.97 Å². The summed E-state index contributed by atoms with van der Waals surface area (Å²) in [6.45, 7) is 0.876. The van der Waals surface area contributed by atoms with Gasteiger partial charge in [0.15, 0.2) is 0 Å². The molecule has 0 atom stereocenters. The number of rotatable bonds is 7. The molecule has 1 aromatic rings. The van der Waals surface area contributed by atoms with Crippen molar-refractivity contribution in [3.8, 4) is 0 Å². The van der Waals surface area contributed by atoms with Crippen LogP contribution in [-0.4, -0.2) is 39.3 Å². The quantitative estimate of drug-likeness (QED) is 0.714. The van der Waals surface area contributed by atoms with Crippen LogP contribution in [0.15, 0.2) is 23.1 Å². The second kappa shape index (κ2) is 6.60. The van der Waals surface area contributed by atoms with E-state index >= 15 is 0 Å². The average molecular weight is 291 g/mol. The van der Waals surface area contributed by atoms with Crippen LogP contribution in [0, 0.1) is 12.7 Å². The minimum absolute atomic E-state index is 0.0834. The zero-order chi connectivity index (χ0) is 14.5. The molecule has 0 amide bonds. The van der Waals surface area contributed by atoms with Crippen LogP contribution < -0.4 is 4.72 Å². The van der Waals surface area contributed by atoms with Gasteiger partial charge in [-0.3, -0.25) is 0 Å². The highest BCUT2D eigenvalue weighted by atomic mass is 32.2. The molecule has 2 N–H and O–H groups in total. The van der Waals surface area contributed by atoms with Crippen molar-refractivity contribution >= 4 is 16.0 Å². The highest BCUT2D eigenvalue weighted by molar-refractivity contribution is 7.89. The van der Waals surface area contributed by atoms with E-state index in [-0.39, 0.29) is 18.0 Å². The molecule has 0 saturated carbocycles. The Hall–Kier alpha value is -1.51. The molecule has 19 heavy (non-hydrogen) atoms. The molecule has 0 radical (unpaired) electrons. The maximum atomic E-state index is 13.0. The lowest BCUT2D eigenvalue weighted by Crippen LogP contribution is -2.28. The van der Waals surface area contributed by atoms with E-state index in [0.29, 0.717) is 5.56 Å². The SMILES string of the molecule is Cc1ccc(F)cc1S(=O)(=O)NCCOCC(=O)O. The summed E-state index contributed by atoms with van der Waals surface area (Å²) in [6.07, 6.45) is 0. The third kappa shape index (κ3) is 4.93. The molecule has 0 bridgehead atoms. The normalized spacial score (nSPS) is 11.5. The summed E-state index contributed by atoms with van der Waals surface area (Å²) in [5.74, 6) is -1.78. The fourth-order valence-electron chi connectivity index (χ4n) is 1.35. The average Bonchev–Trinajstić information content (AvgIpc) is 2.31. The van der Waals surface area contributed by atoms with Crippen molar-refractivity contribution in [1.82, 2.24) is 4.72 Å². The van der Waals surface area contributed by atoms with Crippen LogP contribution in [0.2, 0.25) is 0 Å². The van der Waals surface area contributed by atoms with E-state index in [1.165, 1.54) is 12.1 Å². The first kappa shape index (κ1) is 15.5. The molecule has 6 nitrogen and oxygen atoms in total. The van der Waals surface area contributed by atoms with Gasteiger partial charge in [0, 0.05) is 6.54 Å². The van der Waals surface area contributed by atoms with Gasteiger partial charge in [0.05, 0.1) is 11.5 Å². The Morgan fingerprint density at radius 1 is 1.47 bits per heavy atom. The van der Waals surface area contributed by atoms with Gasteiger partial charge in [-0.25, -0.2) is 22.3 Å². The van der Waals surface area contributed by atoms with Gasteiger partial charge in [0.2, 0.25) is 10.0 Å². The highest BCUT2D eigenvalue weighted by Gasteiger charge is 2.16. The van der Waals surface area contributed by atoms with Crippen LogP contribution in [0.4, 0.5) is 4.39 Å². The number of aliphatic carboxylic acids is 1. The minimum atomic E-state index is -3.83. The Kier molecular flexibility index (Phi) is 5.40. The van der Waals surface area contributed by atoms with E-state index in [9.17, 15) is 17.6 Å². The van der Waals surface area contributed by atoms with Gasteiger partial charge in [0.1, 0.15) is 12.4 Å². The summed E-state index contributed by atoms with van der Waals surface area (Å²) in [6, 6.07) is 3.46. The molecule has 0 aliphatic rings. The van der Waals surface area contributed by atoms with Crippen LogP contribution in [0.3, 0.4) is 0 Å². The number of sulfonamides is 1. The minimum Gasteiger partial charge on any atom is -0.480 e. The molecule has 0 fully saturated rings. The monoisotopic (exact) mass is 291 g/mol. The zero-order valence-electron chi connectivity index (χ0n) is 10.2. The number of aryl methyl sites for hydroxylation is 1. The van der Waals surface area contributed by atoms with Crippen LogP contribution in [-0.2, 0) is 19.6 Å². The fraction of sp³-hybridized carbons (Fsp3) is 0.364. The second-order valence-electron chi connectivity index (χ2n) is 3.75. The fourth-order valence-corrected chi connectivity index (χ4v) is 2.62. The molecule has 8 heteroatoms. The number of hydrogen-bond acceptors (Lipinski definition) is 4. The smallest absolute Gasteiger partial charge is 0.329 e. The van der Waals surface area contributed by atoms with Crippen molar-refractivity contribution in [2.45, 2.75) is 11.8 Å². The summed E-state index contributed by atoms with van der Waals surface area (Å²) >= 11 is 0. The Morgan fingerprint density at radius 2 is 2.16 bits per heavy atom. The lowest BCUT2D eigenvalue weighted by atomic mass is 10.2. The van der Waals surface area contributed by atoms with Gasteiger partial charge in [-0.05, 0) is 24.6 Å². The van der Waals surface area contributed by atoms with Crippen molar-refractivity contribution in [3.63, 3.8) is 0 Å². The van der Waals surface area contributed by atoms with Gasteiger partial charge in [-0.1, -0.05) is 6.07 Å². The topological polar surface area (TPSA) is 92.7 Å². The number of benzene rings is 1. The Labute approximate surface area is 110 Å². The van der Waals surface area contributed by atoms with Crippen LogP contribution in [0.5, 0.6) is 0 Å². The summed E-state index contributed by atoms with van der Waals surface area (Å²) in [4.78, 5) is 10.0. The second-order valence-corrected chi connectivity index (χ2v) is 5.49. The summed E-state index contributed by atoms with van der Waals surface area (Å²) in [7, 11) is -3.83. The van der Waals surface area contributed by atoms with Gasteiger partial charge in [0.25, 0.3) is 0 Å². The number of nitrogens with one attached hydrogen (secondary N) is 1. The first-order chi connectivity index (χ1) is 8.83. The molecule has 0 aliphatic carbocycles. The van der Waals surface area contributed by atoms with E-state index in [1.54, 1.807) is 6.92 Å². The molecule has 0 saturated heterocycles. The molecule has 0 spiro atoms. The third-order valence-electron chi connectivity index (χ3n) is 2.20. The Bertz CT molecular complexity index is 558. The number of halogens is 1. The molecule has 0 aromatic heterocycles. The highest BCUT2D eigenvalue weighted by Crippen LogP contribution is 2.15. The lowest BCUT2D eigenvalue weighted by molar-refractivity contribution is -0.142. The Balaban J connectivity index is 2.61. The van der Waals surface area contributed by atoms with Crippen LogP contribution >= 0.6 is 0 Å². The third-order valence-corrected chi connectivity index (χ3v) is 3.81. The molecule has 1 aromatic carbocycles. The molecule has 1 rings (SSSR count). The predicted octanol–water partition coefficient (Wildman–Crippen LogP) is 0.514. The van der Waals surface area contributed by atoms with E-state index in [4.69, 9.17) is 5.11 Å². The van der Waals surface area contributed by atoms with Crippen molar-refractivity contribution in [3.05, 3.63) is 29.6 Å². The summed E-state index contributed by atoms with van der Waals surface area (Å²) < 4.78 is 43.6. The van der Waals surface area contributed by atoms with Crippen molar-refractivity contribution in [2.75, 3.05) is 19.8 Å². The Morgan fingerprint density at radius 3 is 2.79 bits per heavy atom. The van der Waals surface area contributed by atoms with Gasteiger partial charge in [-0.15, -0.1) is 0 Å². The molecular formula is C11H14FNO5S. The summed E-state index contributed by atoms with van der Waals surface area (Å²) in [5.41, 5.74) is 0.417. The summed E-state index contributed by atoms with van der Waals surface area (Å²) in [5, 5.41) is 8.31. The lowest BCUT2D eigenvalue weighted by Gasteiger charge is -2.09. The standard InChI is InChI=1S/C11H14FNO5S/c1-8-2-3-9(12)6-10(8)19(16,17)13-4-5-18-7-11(14)15/h2-3,6,13H,4-5,7H2,1H3,(H,14,15). The number of carboxylic acids is 1.